The zero-order valence-corrected chi connectivity index (χ0v) is 11.4. The number of hydrogen-bond acceptors (Lipinski definition) is 4. The van der Waals surface area contributed by atoms with Gasteiger partial charge in [-0.3, -0.25) is 4.79 Å². The maximum atomic E-state index is 12.4. The second-order valence-electron chi connectivity index (χ2n) is 5.74. The molecule has 1 aliphatic heterocycles. The maximum absolute atomic E-state index is 12.4. The van der Waals surface area contributed by atoms with Crippen LogP contribution in [-0.4, -0.2) is 34.6 Å². The molecule has 1 unspecified atom stereocenters. The quantitative estimate of drug-likeness (QED) is 0.779. The molecule has 5 heteroatoms. The van der Waals surface area contributed by atoms with Gasteiger partial charge in [-0.05, 0) is 44.0 Å². The van der Waals surface area contributed by atoms with Crippen molar-refractivity contribution in [3.8, 4) is 0 Å². The number of amides is 1. The molecule has 2 heterocycles. The van der Waals surface area contributed by atoms with Crippen molar-refractivity contribution in [2.45, 2.75) is 25.4 Å². The Bertz CT molecular complexity index is 660. The van der Waals surface area contributed by atoms with Crippen molar-refractivity contribution in [2.24, 2.45) is 0 Å². The van der Waals surface area contributed by atoms with Crippen LogP contribution in [0.5, 0.6) is 0 Å². The molecule has 1 aromatic carbocycles. The number of rotatable bonds is 1. The standard InChI is InChI=1S/C15H18N2O3/c1-15(19)5-2-6-17(9-15)14(18)13-8-10-7-11(16)3-4-12(10)20-13/h3-4,7-8,19H,2,5-6,9,16H2,1H3. The Morgan fingerprint density at radius 3 is 3.00 bits per heavy atom. The highest BCUT2D eigenvalue weighted by Crippen LogP contribution is 2.25. The van der Waals surface area contributed by atoms with Crippen molar-refractivity contribution < 1.29 is 14.3 Å². The first kappa shape index (κ1) is 13.0. The largest absolute Gasteiger partial charge is 0.451 e. The molecule has 3 N–H and O–H groups in total. The Morgan fingerprint density at radius 2 is 2.25 bits per heavy atom. The summed E-state index contributed by atoms with van der Waals surface area (Å²) in [6, 6.07) is 6.99. The Kier molecular flexibility index (Phi) is 2.94. The summed E-state index contributed by atoms with van der Waals surface area (Å²) in [5, 5.41) is 10.9. The van der Waals surface area contributed by atoms with E-state index in [1.807, 2.05) is 0 Å². The van der Waals surface area contributed by atoms with Gasteiger partial charge in [-0.15, -0.1) is 0 Å². The van der Waals surface area contributed by atoms with Crippen molar-refractivity contribution in [1.29, 1.82) is 0 Å². The maximum Gasteiger partial charge on any atom is 0.289 e. The number of fused-ring (bicyclic) bond motifs is 1. The molecule has 0 saturated carbocycles. The molecule has 106 valence electrons. The van der Waals surface area contributed by atoms with Crippen molar-refractivity contribution in [1.82, 2.24) is 4.90 Å². The minimum atomic E-state index is -0.815. The normalized spacial score (nSPS) is 23.2. The second-order valence-corrected chi connectivity index (χ2v) is 5.74. The van der Waals surface area contributed by atoms with Gasteiger partial charge < -0.3 is 20.2 Å². The summed E-state index contributed by atoms with van der Waals surface area (Å²) in [4.78, 5) is 14.1. The first-order valence-electron chi connectivity index (χ1n) is 6.75. The number of nitrogens with zero attached hydrogens (tertiary/aromatic N) is 1. The van der Waals surface area contributed by atoms with E-state index in [9.17, 15) is 9.90 Å². The third-order valence-corrected chi connectivity index (χ3v) is 3.71. The average Bonchev–Trinajstić information content (AvgIpc) is 2.79. The predicted molar refractivity (Wildman–Crippen MR) is 76.4 cm³/mol. The van der Waals surface area contributed by atoms with E-state index < -0.39 is 5.60 Å². The molecule has 1 fully saturated rings. The number of aliphatic hydroxyl groups is 1. The molecule has 1 aromatic heterocycles. The number of piperidine rings is 1. The van der Waals surface area contributed by atoms with Crippen molar-refractivity contribution in [3.63, 3.8) is 0 Å². The summed E-state index contributed by atoms with van der Waals surface area (Å²) in [5.41, 5.74) is 6.18. The molecule has 0 aliphatic carbocycles. The fourth-order valence-corrected chi connectivity index (χ4v) is 2.72. The van der Waals surface area contributed by atoms with Crippen LogP contribution in [0.3, 0.4) is 0 Å². The number of likely N-dealkylation sites (tertiary alicyclic amines) is 1. The van der Waals surface area contributed by atoms with Crippen LogP contribution in [0.4, 0.5) is 5.69 Å². The van der Waals surface area contributed by atoms with Crippen molar-refractivity contribution in [3.05, 3.63) is 30.0 Å². The summed E-state index contributed by atoms with van der Waals surface area (Å²) in [6.07, 6.45) is 1.51. The molecule has 1 amide bonds. The minimum absolute atomic E-state index is 0.181. The third-order valence-electron chi connectivity index (χ3n) is 3.71. The lowest BCUT2D eigenvalue weighted by atomic mass is 9.95. The second kappa shape index (κ2) is 4.52. The van der Waals surface area contributed by atoms with E-state index in [0.29, 0.717) is 36.5 Å². The van der Waals surface area contributed by atoms with Gasteiger partial charge in [0.1, 0.15) is 5.58 Å². The van der Waals surface area contributed by atoms with E-state index in [1.54, 1.807) is 36.1 Å². The number of carbonyl (C=O) groups excluding carboxylic acids is 1. The van der Waals surface area contributed by atoms with E-state index in [2.05, 4.69) is 0 Å². The number of carbonyl (C=O) groups is 1. The lowest BCUT2D eigenvalue weighted by Crippen LogP contribution is -2.48. The van der Waals surface area contributed by atoms with Gasteiger partial charge in [-0.1, -0.05) is 0 Å². The van der Waals surface area contributed by atoms with Crippen LogP contribution in [0.2, 0.25) is 0 Å². The summed E-state index contributed by atoms with van der Waals surface area (Å²) in [5.74, 6) is 0.114. The highest BCUT2D eigenvalue weighted by molar-refractivity contribution is 5.96. The van der Waals surface area contributed by atoms with Gasteiger partial charge >= 0.3 is 0 Å². The third kappa shape index (κ3) is 2.36. The zero-order chi connectivity index (χ0) is 14.3. The van der Waals surface area contributed by atoms with Gasteiger partial charge in [0.15, 0.2) is 5.76 Å². The number of β-amino-alcohol motifs (C(OH)–C–C–N with tert-alkyl or cyclic N) is 1. The van der Waals surface area contributed by atoms with Crippen LogP contribution in [0.1, 0.15) is 30.3 Å². The fourth-order valence-electron chi connectivity index (χ4n) is 2.72. The van der Waals surface area contributed by atoms with Crippen LogP contribution >= 0.6 is 0 Å². The monoisotopic (exact) mass is 274 g/mol. The number of nitrogens with two attached hydrogens (primary N) is 1. The molecular formula is C15H18N2O3. The molecule has 5 nitrogen and oxygen atoms in total. The van der Waals surface area contributed by atoms with Gasteiger partial charge in [0.2, 0.25) is 0 Å². The SMILES string of the molecule is CC1(O)CCCN(C(=O)c2cc3cc(N)ccc3o2)C1. The summed E-state index contributed by atoms with van der Waals surface area (Å²) in [6.45, 7) is 2.74. The first-order chi connectivity index (χ1) is 9.44. The molecule has 0 spiro atoms. The Labute approximate surface area is 117 Å². The highest BCUT2D eigenvalue weighted by Gasteiger charge is 2.32. The molecule has 1 saturated heterocycles. The lowest BCUT2D eigenvalue weighted by Gasteiger charge is -2.36. The van der Waals surface area contributed by atoms with Crippen molar-refractivity contribution >= 4 is 22.6 Å². The molecule has 0 radical (unpaired) electrons. The van der Waals surface area contributed by atoms with Gasteiger partial charge in [-0.25, -0.2) is 0 Å². The lowest BCUT2D eigenvalue weighted by molar-refractivity contribution is -0.0116. The molecule has 0 bridgehead atoms. The zero-order valence-electron chi connectivity index (χ0n) is 11.4. The van der Waals surface area contributed by atoms with Crippen LogP contribution in [0.25, 0.3) is 11.0 Å². The fraction of sp³-hybridized carbons (Fsp3) is 0.400. The van der Waals surface area contributed by atoms with Crippen LogP contribution in [0.15, 0.2) is 28.7 Å². The Morgan fingerprint density at radius 1 is 1.45 bits per heavy atom. The van der Waals surface area contributed by atoms with Gasteiger partial charge in [-0.2, -0.15) is 0 Å². The number of benzene rings is 1. The Balaban J connectivity index is 1.88. The molecular weight excluding hydrogens is 256 g/mol. The Hall–Kier alpha value is -2.01. The molecule has 1 aliphatic rings. The number of anilines is 1. The van der Waals surface area contributed by atoms with Crippen molar-refractivity contribution in [2.75, 3.05) is 18.8 Å². The minimum Gasteiger partial charge on any atom is -0.451 e. The van der Waals surface area contributed by atoms with Gasteiger partial charge in [0.05, 0.1) is 5.60 Å². The number of furan rings is 1. The summed E-state index contributed by atoms with van der Waals surface area (Å²) < 4.78 is 5.58. The van der Waals surface area contributed by atoms with Gasteiger partial charge in [0, 0.05) is 24.2 Å². The molecule has 3 rings (SSSR count). The number of hydrogen-bond donors (Lipinski definition) is 2. The summed E-state index contributed by atoms with van der Waals surface area (Å²) >= 11 is 0. The first-order valence-corrected chi connectivity index (χ1v) is 6.75. The average molecular weight is 274 g/mol. The van der Waals surface area contributed by atoms with Crippen LogP contribution in [-0.2, 0) is 0 Å². The van der Waals surface area contributed by atoms with E-state index >= 15 is 0 Å². The molecule has 2 aromatic rings. The molecule has 1 atom stereocenters. The molecule has 20 heavy (non-hydrogen) atoms. The topological polar surface area (TPSA) is 79.7 Å². The van der Waals surface area contributed by atoms with E-state index in [1.165, 1.54) is 0 Å². The van der Waals surface area contributed by atoms with Crippen LogP contribution < -0.4 is 5.73 Å². The number of nitrogen functional groups attached to an aromatic ring is 1. The predicted octanol–water partition coefficient (Wildman–Crippen LogP) is 2.00. The highest BCUT2D eigenvalue weighted by atomic mass is 16.3. The van der Waals surface area contributed by atoms with Crippen LogP contribution in [0, 0.1) is 0 Å². The van der Waals surface area contributed by atoms with E-state index in [4.69, 9.17) is 10.2 Å². The van der Waals surface area contributed by atoms with Gasteiger partial charge in [0.25, 0.3) is 5.91 Å². The van der Waals surface area contributed by atoms with E-state index in [0.717, 1.165) is 11.8 Å². The smallest absolute Gasteiger partial charge is 0.289 e. The van der Waals surface area contributed by atoms with E-state index in [-0.39, 0.29) is 5.91 Å². The summed E-state index contributed by atoms with van der Waals surface area (Å²) in [7, 11) is 0.